The number of hydrogen-bond acceptors (Lipinski definition) is 4. The number of imidazole rings is 1. The first kappa shape index (κ1) is 16.3. The lowest BCUT2D eigenvalue weighted by Gasteiger charge is -2.31. The number of likely N-dealkylation sites (tertiary alicyclic amines) is 1. The van der Waals surface area contributed by atoms with Gasteiger partial charge in [-0.05, 0) is 37.1 Å². The number of nitrogens with zero attached hydrogens (tertiary/aromatic N) is 3. The van der Waals surface area contributed by atoms with Crippen LogP contribution in [0.1, 0.15) is 24.8 Å². The van der Waals surface area contributed by atoms with Crippen molar-refractivity contribution in [3.63, 3.8) is 0 Å². The van der Waals surface area contributed by atoms with E-state index in [4.69, 9.17) is 4.42 Å². The van der Waals surface area contributed by atoms with Gasteiger partial charge in [-0.25, -0.2) is 14.2 Å². The van der Waals surface area contributed by atoms with Crippen molar-refractivity contribution in [2.24, 2.45) is 0 Å². The zero-order chi connectivity index (χ0) is 18.4. The van der Waals surface area contributed by atoms with E-state index in [0.717, 1.165) is 37.0 Å². The predicted octanol–water partition coefficient (Wildman–Crippen LogP) is 3.45. The summed E-state index contributed by atoms with van der Waals surface area (Å²) in [7, 11) is 0. The van der Waals surface area contributed by atoms with E-state index in [-0.39, 0.29) is 17.5 Å². The minimum absolute atomic E-state index is 0.0457. The predicted molar refractivity (Wildman–Crippen MR) is 100 cm³/mol. The highest BCUT2D eigenvalue weighted by atomic mass is 19.1. The maximum atomic E-state index is 13.3. The molecule has 2 aromatic heterocycles. The van der Waals surface area contributed by atoms with Crippen LogP contribution in [0, 0.1) is 5.82 Å². The summed E-state index contributed by atoms with van der Waals surface area (Å²) in [5.74, 6) is 0.283. The van der Waals surface area contributed by atoms with Crippen LogP contribution >= 0.6 is 0 Å². The molecule has 0 aliphatic carbocycles. The van der Waals surface area contributed by atoms with E-state index < -0.39 is 0 Å². The van der Waals surface area contributed by atoms with Crippen molar-refractivity contribution in [1.82, 2.24) is 19.4 Å². The second-order valence-corrected chi connectivity index (χ2v) is 7.04. The number of oxazole rings is 1. The third kappa shape index (κ3) is 2.94. The third-order valence-corrected chi connectivity index (χ3v) is 5.30. The molecule has 0 saturated carbocycles. The number of piperidine rings is 1. The Kier molecular flexibility index (Phi) is 3.82. The van der Waals surface area contributed by atoms with E-state index in [1.54, 1.807) is 6.07 Å². The molecule has 2 aromatic carbocycles. The quantitative estimate of drug-likeness (QED) is 0.603. The minimum Gasteiger partial charge on any atom is -0.439 e. The Balaban J connectivity index is 1.31. The van der Waals surface area contributed by atoms with Crippen LogP contribution in [-0.2, 0) is 6.54 Å². The fourth-order valence-electron chi connectivity index (χ4n) is 3.98. The maximum absolute atomic E-state index is 13.3. The molecular weight excluding hydrogens is 347 g/mol. The summed E-state index contributed by atoms with van der Waals surface area (Å²) in [5.41, 5.74) is 2.94. The molecule has 0 radical (unpaired) electrons. The molecule has 138 valence electrons. The summed E-state index contributed by atoms with van der Waals surface area (Å²) < 4.78 is 20.9. The summed E-state index contributed by atoms with van der Waals surface area (Å²) in [5, 5.41) is 0. The van der Waals surface area contributed by atoms with Crippen LogP contribution in [0.4, 0.5) is 4.39 Å². The first-order valence-corrected chi connectivity index (χ1v) is 9.14. The molecule has 1 saturated heterocycles. The number of hydrogen-bond donors (Lipinski definition) is 1. The number of aromatic nitrogens is 3. The van der Waals surface area contributed by atoms with Crippen LogP contribution in [0.2, 0.25) is 0 Å². The molecule has 3 heterocycles. The zero-order valence-corrected chi connectivity index (χ0v) is 14.7. The van der Waals surface area contributed by atoms with Crippen LogP contribution in [0.3, 0.4) is 0 Å². The number of nitrogens with one attached hydrogen (secondary N) is 1. The first-order chi connectivity index (χ1) is 13.2. The molecular formula is C20H19FN4O2. The van der Waals surface area contributed by atoms with Gasteiger partial charge in [0.2, 0.25) is 5.89 Å². The van der Waals surface area contributed by atoms with Gasteiger partial charge >= 0.3 is 5.69 Å². The van der Waals surface area contributed by atoms with Gasteiger partial charge in [-0.3, -0.25) is 9.47 Å². The van der Waals surface area contributed by atoms with Crippen molar-refractivity contribution < 1.29 is 8.81 Å². The Morgan fingerprint density at radius 3 is 2.85 bits per heavy atom. The van der Waals surface area contributed by atoms with Gasteiger partial charge in [0.05, 0.1) is 17.6 Å². The van der Waals surface area contributed by atoms with Crippen LogP contribution in [0.5, 0.6) is 0 Å². The normalized spacial score (nSPS) is 16.5. The average molecular weight is 366 g/mol. The van der Waals surface area contributed by atoms with Gasteiger partial charge in [0.1, 0.15) is 11.3 Å². The number of aromatic amines is 1. The van der Waals surface area contributed by atoms with Gasteiger partial charge in [-0.1, -0.05) is 12.1 Å². The smallest absolute Gasteiger partial charge is 0.326 e. The summed E-state index contributed by atoms with van der Waals surface area (Å²) in [6, 6.07) is 12.4. The van der Waals surface area contributed by atoms with Gasteiger partial charge in [-0.15, -0.1) is 0 Å². The topological polar surface area (TPSA) is 67.1 Å². The average Bonchev–Trinajstić information content (AvgIpc) is 3.21. The van der Waals surface area contributed by atoms with E-state index in [1.165, 1.54) is 12.1 Å². The highest BCUT2D eigenvalue weighted by Gasteiger charge is 2.24. The van der Waals surface area contributed by atoms with Gasteiger partial charge < -0.3 is 9.40 Å². The van der Waals surface area contributed by atoms with E-state index in [0.29, 0.717) is 23.5 Å². The Hall–Kier alpha value is -2.93. The highest BCUT2D eigenvalue weighted by Crippen LogP contribution is 2.26. The van der Waals surface area contributed by atoms with Gasteiger partial charge in [0.25, 0.3) is 0 Å². The second-order valence-electron chi connectivity index (χ2n) is 7.04. The molecule has 27 heavy (non-hydrogen) atoms. The van der Waals surface area contributed by atoms with E-state index >= 15 is 0 Å². The molecule has 1 aliphatic heterocycles. The Morgan fingerprint density at radius 1 is 1.19 bits per heavy atom. The van der Waals surface area contributed by atoms with Crippen molar-refractivity contribution in [2.45, 2.75) is 25.4 Å². The monoisotopic (exact) mass is 366 g/mol. The molecule has 0 spiro atoms. The summed E-state index contributed by atoms with van der Waals surface area (Å²) in [4.78, 5) is 22.0. The minimum atomic E-state index is -0.313. The van der Waals surface area contributed by atoms with E-state index in [9.17, 15) is 9.18 Å². The van der Waals surface area contributed by atoms with Crippen molar-refractivity contribution in [2.75, 3.05) is 13.1 Å². The molecule has 6 nitrogen and oxygen atoms in total. The molecule has 0 amide bonds. The van der Waals surface area contributed by atoms with E-state index in [1.807, 2.05) is 28.8 Å². The molecule has 5 rings (SSSR count). The molecule has 0 unspecified atom stereocenters. The van der Waals surface area contributed by atoms with Gasteiger partial charge in [0.15, 0.2) is 5.58 Å². The largest absolute Gasteiger partial charge is 0.439 e. The number of para-hydroxylation sites is 2. The summed E-state index contributed by atoms with van der Waals surface area (Å²) >= 11 is 0. The third-order valence-electron chi connectivity index (χ3n) is 5.30. The number of halogens is 1. The molecule has 7 heteroatoms. The Morgan fingerprint density at radius 2 is 2.00 bits per heavy atom. The van der Waals surface area contributed by atoms with Gasteiger partial charge in [-0.2, -0.15) is 0 Å². The lowest BCUT2D eigenvalue weighted by atomic mass is 10.0. The zero-order valence-electron chi connectivity index (χ0n) is 14.7. The fourth-order valence-corrected chi connectivity index (χ4v) is 3.98. The van der Waals surface area contributed by atoms with Crippen LogP contribution in [0.25, 0.3) is 22.1 Å². The van der Waals surface area contributed by atoms with Crippen molar-refractivity contribution in [1.29, 1.82) is 0 Å². The summed E-state index contributed by atoms with van der Waals surface area (Å²) in [6.07, 6.45) is 1.77. The molecule has 4 aromatic rings. The molecule has 0 atom stereocenters. The first-order valence-electron chi connectivity index (χ1n) is 9.14. The van der Waals surface area contributed by atoms with E-state index in [2.05, 4.69) is 14.9 Å². The maximum Gasteiger partial charge on any atom is 0.326 e. The molecule has 1 N–H and O–H groups in total. The molecule has 1 aliphatic rings. The SMILES string of the molecule is O=c1[nH]c2ccccc2n1C1CCN(Cc2nc3cc(F)ccc3o2)CC1. The lowest BCUT2D eigenvalue weighted by molar-refractivity contribution is 0.167. The van der Waals surface area contributed by atoms with Gasteiger partial charge in [0, 0.05) is 25.2 Å². The van der Waals surface area contributed by atoms with Crippen LogP contribution < -0.4 is 5.69 Å². The summed E-state index contributed by atoms with van der Waals surface area (Å²) in [6.45, 7) is 2.29. The Labute approximate surface area is 154 Å². The lowest BCUT2D eigenvalue weighted by Crippen LogP contribution is -2.36. The molecule has 1 fully saturated rings. The number of benzene rings is 2. The van der Waals surface area contributed by atoms with Crippen molar-refractivity contribution in [3.05, 3.63) is 64.7 Å². The number of fused-ring (bicyclic) bond motifs is 2. The highest BCUT2D eigenvalue weighted by molar-refractivity contribution is 5.75. The Bertz CT molecular complexity index is 1170. The molecule has 0 bridgehead atoms. The fraction of sp³-hybridized carbons (Fsp3) is 0.300. The van der Waals surface area contributed by atoms with Crippen LogP contribution in [0.15, 0.2) is 51.7 Å². The van der Waals surface area contributed by atoms with Crippen molar-refractivity contribution in [3.8, 4) is 0 Å². The van der Waals surface area contributed by atoms with Crippen molar-refractivity contribution >= 4 is 22.1 Å². The standard InChI is InChI=1S/C20H19FN4O2/c21-13-5-6-18-16(11-13)22-19(27-18)12-24-9-7-14(8-10-24)25-17-4-2-1-3-15(17)23-20(25)26/h1-6,11,14H,7-10,12H2,(H,23,26). The number of rotatable bonds is 3. The van der Waals surface area contributed by atoms with Crippen LogP contribution in [-0.4, -0.2) is 32.5 Å². The second kappa shape index (κ2) is 6.35. The number of H-pyrrole nitrogens is 1.